The molecule has 1 unspecified atom stereocenters. The summed E-state index contributed by atoms with van der Waals surface area (Å²) in [5.41, 5.74) is 1.34. The Hall–Kier alpha value is -1.06. The molecule has 0 aromatic heterocycles. The van der Waals surface area contributed by atoms with Crippen LogP contribution in [-0.2, 0) is 6.54 Å². The van der Waals surface area contributed by atoms with Crippen LogP contribution in [-0.4, -0.2) is 37.7 Å². The van der Waals surface area contributed by atoms with Gasteiger partial charge in [0.25, 0.3) is 0 Å². The first kappa shape index (κ1) is 15.3. The molecule has 1 aliphatic heterocycles. The second-order valence-corrected chi connectivity index (χ2v) is 6.23. The summed E-state index contributed by atoms with van der Waals surface area (Å²) in [6.07, 6.45) is 2.63. The molecule has 1 aromatic carbocycles. The summed E-state index contributed by atoms with van der Waals surface area (Å²) in [4.78, 5) is 2.57. The van der Waals surface area contributed by atoms with Crippen LogP contribution < -0.4 is 10.1 Å². The molecule has 1 N–H and O–H groups in total. The molecule has 1 aliphatic rings. The number of methoxy groups -OCH3 is 1. The second-order valence-electron chi connectivity index (χ2n) is 6.23. The number of nitrogens with zero attached hydrogens (tertiary/aromatic N) is 1. The van der Waals surface area contributed by atoms with Gasteiger partial charge in [-0.25, -0.2) is 0 Å². The molecular weight excluding hydrogens is 248 g/mol. The van der Waals surface area contributed by atoms with Crippen molar-refractivity contribution in [2.75, 3.05) is 26.7 Å². The van der Waals surface area contributed by atoms with E-state index in [1.807, 2.05) is 6.07 Å². The fraction of sp³-hybridized carbons (Fsp3) is 0.647. The lowest BCUT2D eigenvalue weighted by molar-refractivity contribution is 0.216. The molecule has 2 rings (SSSR count). The third-order valence-electron chi connectivity index (χ3n) is 3.80. The van der Waals surface area contributed by atoms with E-state index in [2.05, 4.69) is 42.3 Å². The van der Waals surface area contributed by atoms with E-state index in [0.717, 1.165) is 25.4 Å². The first-order valence-electron chi connectivity index (χ1n) is 7.76. The van der Waals surface area contributed by atoms with Gasteiger partial charge in [0.2, 0.25) is 0 Å². The average Bonchev–Trinajstić information content (AvgIpc) is 2.91. The zero-order valence-electron chi connectivity index (χ0n) is 13.1. The number of rotatable bonds is 7. The highest BCUT2D eigenvalue weighted by atomic mass is 16.5. The Morgan fingerprint density at radius 2 is 2.25 bits per heavy atom. The Morgan fingerprint density at radius 3 is 2.90 bits per heavy atom. The van der Waals surface area contributed by atoms with Crippen LogP contribution in [0.2, 0.25) is 0 Å². The van der Waals surface area contributed by atoms with E-state index in [-0.39, 0.29) is 0 Å². The third-order valence-corrected chi connectivity index (χ3v) is 3.80. The van der Waals surface area contributed by atoms with Crippen molar-refractivity contribution in [3.8, 4) is 5.75 Å². The van der Waals surface area contributed by atoms with Gasteiger partial charge in [-0.2, -0.15) is 0 Å². The van der Waals surface area contributed by atoms with Gasteiger partial charge in [0.05, 0.1) is 7.11 Å². The van der Waals surface area contributed by atoms with Crippen LogP contribution in [0.15, 0.2) is 24.3 Å². The molecule has 1 heterocycles. The van der Waals surface area contributed by atoms with Crippen molar-refractivity contribution in [3.05, 3.63) is 29.8 Å². The lowest BCUT2D eigenvalue weighted by Gasteiger charge is -2.27. The second kappa shape index (κ2) is 7.65. The Balaban J connectivity index is 1.97. The fourth-order valence-electron chi connectivity index (χ4n) is 2.97. The van der Waals surface area contributed by atoms with E-state index < -0.39 is 0 Å². The van der Waals surface area contributed by atoms with Crippen LogP contribution >= 0.6 is 0 Å². The summed E-state index contributed by atoms with van der Waals surface area (Å²) >= 11 is 0. The number of ether oxygens (including phenoxy) is 1. The molecule has 1 aromatic rings. The summed E-state index contributed by atoms with van der Waals surface area (Å²) in [5, 5.41) is 3.60. The molecule has 1 saturated heterocycles. The first-order valence-corrected chi connectivity index (χ1v) is 7.76. The van der Waals surface area contributed by atoms with Crippen LogP contribution in [0.5, 0.6) is 5.75 Å². The SMILES string of the molecule is COc1cccc(CN(CC(C)C)CC2CCCN2)c1. The van der Waals surface area contributed by atoms with Gasteiger partial charge in [-0.1, -0.05) is 26.0 Å². The number of benzene rings is 1. The van der Waals surface area contributed by atoms with Gasteiger partial charge in [0.15, 0.2) is 0 Å². The lowest BCUT2D eigenvalue weighted by Crippen LogP contribution is -2.38. The lowest BCUT2D eigenvalue weighted by atomic mass is 10.1. The molecule has 1 fully saturated rings. The van der Waals surface area contributed by atoms with Crippen LogP contribution in [0.4, 0.5) is 0 Å². The van der Waals surface area contributed by atoms with Gasteiger partial charge in [-0.3, -0.25) is 4.90 Å². The van der Waals surface area contributed by atoms with E-state index in [1.165, 1.54) is 24.9 Å². The fourth-order valence-corrected chi connectivity index (χ4v) is 2.97. The van der Waals surface area contributed by atoms with Gasteiger partial charge in [0, 0.05) is 25.7 Å². The van der Waals surface area contributed by atoms with Crippen molar-refractivity contribution < 1.29 is 4.74 Å². The van der Waals surface area contributed by atoms with Crippen molar-refractivity contribution in [1.82, 2.24) is 10.2 Å². The van der Waals surface area contributed by atoms with Gasteiger partial charge < -0.3 is 10.1 Å². The molecule has 112 valence electrons. The molecule has 20 heavy (non-hydrogen) atoms. The Labute approximate surface area is 123 Å². The summed E-state index contributed by atoms with van der Waals surface area (Å²) in [5.74, 6) is 1.65. The predicted octanol–water partition coefficient (Wildman–Crippen LogP) is 2.91. The highest BCUT2D eigenvalue weighted by Gasteiger charge is 2.18. The minimum absolute atomic E-state index is 0.666. The Morgan fingerprint density at radius 1 is 1.40 bits per heavy atom. The van der Waals surface area contributed by atoms with E-state index in [4.69, 9.17) is 4.74 Å². The van der Waals surface area contributed by atoms with E-state index in [0.29, 0.717) is 12.0 Å². The van der Waals surface area contributed by atoms with Crippen molar-refractivity contribution in [1.29, 1.82) is 0 Å². The maximum absolute atomic E-state index is 5.32. The number of hydrogen-bond acceptors (Lipinski definition) is 3. The summed E-state index contributed by atoms with van der Waals surface area (Å²) < 4.78 is 5.32. The summed E-state index contributed by atoms with van der Waals surface area (Å²) in [6, 6.07) is 9.09. The molecule has 3 nitrogen and oxygen atoms in total. The van der Waals surface area contributed by atoms with Crippen LogP contribution in [0, 0.1) is 5.92 Å². The van der Waals surface area contributed by atoms with Gasteiger partial charge in [0.1, 0.15) is 5.75 Å². The van der Waals surface area contributed by atoms with E-state index >= 15 is 0 Å². The topological polar surface area (TPSA) is 24.5 Å². The minimum atomic E-state index is 0.666. The van der Waals surface area contributed by atoms with Crippen LogP contribution in [0.25, 0.3) is 0 Å². The zero-order chi connectivity index (χ0) is 14.4. The average molecular weight is 276 g/mol. The molecule has 0 aliphatic carbocycles. The normalized spacial score (nSPS) is 18.9. The van der Waals surface area contributed by atoms with Gasteiger partial charge in [-0.05, 0) is 43.0 Å². The van der Waals surface area contributed by atoms with Crippen LogP contribution in [0.3, 0.4) is 0 Å². The van der Waals surface area contributed by atoms with Crippen molar-refractivity contribution in [3.63, 3.8) is 0 Å². The van der Waals surface area contributed by atoms with Gasteiger partial charge >= 0.3 is 0 Å². The maximum Gasteiger partial charge on any atom is 0.119 e. The zero-order valence-corrected chi connectivity index (χ0v) is 13.1. The Kier molecular flexibility index (Phi) is 5.86. The highest BCUT2D eigenvalue weighted by molar-refractivity contribution is 5.28. The molecular formula is C17H28N2O. The molecule has 1 atom stereocenters. The van der Waals surface area contributed by atoms with E-state index in [1.54, 1.807) is 7.11 Å². The predicted molar refractivity (Wildman–Crippen MR) is 84.1 cm³/mol. The molecule has 0 amide bonds. The third kappa shape index (κ3) is 4.80. The van der Waals surface area contributed by atoms with Crippen molar-refractivity contribution >= 4 is 0 Å². The van der Waals surface area contributed by atoms with Gasteiger partial charge in [-0.15, -0.1) is 0 Å². The smallest absolute Gasteiger partial charge is 0.119 e. The standard InChI is InChI=1S/C17H28N2O/c1-14(2)11-19(13-16-7-5-9-18-16)12-15-6-4-8-17(10-15)20-3/h4,6,8,10,14,16,18H,5,7,9,11-13H2,1-3H3. The molecule has 0 spiro atoms. The van der Waals surface area contributed by atoms with Crippen molar-refractivity contribution in [2.24, 2.45) is 5.92 Å². The van der Waals surface area contributed by atoms with Crippen molar-refractivity contribution in [2.45, 2.75) is 39.3 Å². The number of nitrogens with one attached hydrogen (secondary N) is 1. The summed E-state index contributed by atoms with van der Waals surface area (Å²) in [7, 11) is 1.73. The van der Waals surface area contributed by atoms with Crippen LogP contribution in [0.1, 0.15) is 32.3 Å². The molecule has 3 heteroatoms. The monoisotopic (exact) mass is 276 g/mol. The minimum Gasteiger partial charge on any atom is -0.497 e. The highest BCUT2D eigenvalue weighted by Crippen LogP contribution is 2.16. The molecule has 0 saturated carbocycles. The quantitative estimate of drug-likeness (QED) is 0.829. The summed E-state index contributed by atoms with van der Waals surface area (Å²) in [6.45, 7) is 9.07. The molecule has 0 radical (unpaired) electrons. The number of hydrogen-bond donors (Lipinski definition) is 1. The molecule has 0 bridgehead atoms. The first-order chi connectivity index (χ1) is 9.67. The van der Waals surface area contributed by atoms with E-state index in [9.17, 15) is 0 Å². The largest absolute Gasteiger partial charge is 0.497 e. The Bertz CT molecular complexity index is 400. The maximum atomic E-state index is 5.32.